The van der Waals surface area contributed by atoms with Crippen molar-refractivity contribution in [1.82, 2.24) is 0 Å². The molecule has 3 fully saturated rings. The van der Waals surface area contributed by atoms with Gasteiger partial charge >= 0.3 is 0 Å². The molecule has 5 aliphatic rings. The van der Waals surface area contributed by atoms with Gasteiger partial charge in [0.1, 0.15) is 11.4 Å². The van der Waals surface area contributed by atoms with Gasteiger partial charge in [0, 0.05) is 63.9 Å². The first-order valence-electron chi connectivity index (χ1n) is 15.9. The van der Waals surface area contributed by atoms with Crippen molar-refractivity contribution in [2.24, 2.45) is 10.8 Å². The molecule has 0 N–H and O–H groups in total. The van der Waals surface area contributed by atoms with Crippen molar-refractivity contribution in [2.75, 3.05) is 34.6 Å². The van der Waals surface area contributed by atoms with Gasteiger partial charge in [0.25, 0.3) is 0 Å². The van der Waals surface area contributed by atoms with Crippen molar-refractivity contribution in [3.05, 3.63) is 64.0 Å². The van der Waals surface area contributed by atoms with Gasteiger partial charge < -0.3 is 14.5 Å². The van der Waals surface area contributed by atoms with E-state index in [0.717, 1.165) is 33.5 Å². The number of halogens is 2. The van der Waals surface area contributed by atoms with Crippen molar-refractivity contribution in [2.45, 2.75) is 71.3 Å². The fraction of sp³-hybridized carbons (Fsp3) is 0.459. The van der Waals surface area contributed by atoms with Gasteiger partial charge in [-0.2, -0.15) is 0 Å². The zero-order chi connectivity index (χ0) is 31.6. The van der Waals surface area contributed by atoms with Crippen LogP contribution in [-0.2, 0) is 9.59 Å². The first kappa shape index (κ1) is 29.6. The molecular weight excluding hydrogens is 623 g/mol. The number of aryl methyl sites for hydroxylation is 2. The summed E-state index contributed by atoms with van der Waals surface area (Å²) in [6.07, 6.45) is 1.80. The predicted molar refractivity (Wildman–Crippen MR) is 186 cm³/mol. The SMILES string of the molecule is Cc1cc2c(c3c(C)csc13)[C@H](CCl)CN2C(=O)C12CC(C(=O)N3C[C@@H](CCl)c4c3cc(OC(C)(C)C)c3ccccc43)(C1)C2. The van der Waals surface area contributed by atoms with Crippen LogP contribution in [0.2, 0.25) is 0 Å². The van der Waals surface area contributed by atoms with Crippen molar-refractivity contribution in [3.63, 3.8) is 0 Å². The van der Waals surface area contributed by atoms with Crippen LogP contribution in [0.1, 0.15) is 74.1 Å². The molecule has 3 aromatic carbocycles. The highest BCUT2D eigenvalue weighted by Crippen LogP contribution is 2.75. The van der Waals surface area contributed by atoms with Crippen LogP contribution in [-0.4, -0.2) is 42.3 Å². The second-order valence-corrected chi connectivity index (χ2v) is 16.4. The molecule has 2 atom stereocenters. The van der Waals surface area contributed by atoms with Crippen LogP contribution in [0.4, 0.5) is 11.4 Å². The van der Waals surface area contributed by atoms with Crippen molar-refractivity contribution in [3.8, 4) is 5.75 Å². The number of ether oxygens (including phenoxy) is 1. The van der Waals surface area contributed by atoms with E-state index in [2.05, 4.69) is 37.4 Å². The second-order valence-electron chi connectivity index (χ2n) is 14.9. The highest BCUT2D eigenvalue weighted by atomic mass is 35.5. The number of carbonyl (C=O) groups is 2. The van der Waals surface area contributed by atoms with Gasteiger partial charge in [-0.15, -0.1) is 34.5 Å². The number of benzene rings is 3. The zero-order valence-corrected chi connectivity index (χ0v) is 28.8. The van der Waals surface area contributed by atoms with Crippen LogP contribution in [0.3, 0.4) is 0 Å². The molecule has 2 aliphatic heterocycles. The molecule has 8 heteroatoms. The average Bonchev–Trinajstić information content (AvgIpc) is 3.64. The number of carbonyl (C=O) groups excluding carboxylic acids is 2. The number of anilines is 2. The third-order valence-corrected chi connectivity index (χ3v) is 12.7. The monoisotopic (exact) mass is 660 g/mol. The molecule has 0 radical (unpaired) electrons. The predicted octanol–water partition coefficient (Wildman–Crippen LogP) is 9.06. The number of alkyl halides is 2. The molecule has 2 bridgehead atoms. The maximum absolute atomic E-state index is 14.4. The average molecular weight is 662 g/mol. The Labute approximate surface area is 278 Å². The molecular formula is C37H38Cl2N2O3S. The number of nitrogens with zero attached hydrogens (tertiary/aromatic N) is 2. The van der Waals surface area contributed by atoms with Gasteiger partial charge in [-0.1, -0.05) is 24.3 Å². The lowest BCUT2D eigenvalue weighted by Gasteiger charge is -2.69. The van der Waals surface area contributed by atoms with Crippen LogP contribution in [0, 0.1) is 24.7 Å². The molecule has 45 heavy (non-hydrogen) atoms. The number of hydrogen-bond acceptors (Lipinski definition) is 4. The van der Waals surface area contributed by atoms with Crippen LogP contribution >= 0.6 is 34.5 Å². The van der Waals surface area contributed by atoms with Gasteiger partial charge in [-0.3, -0.25) is 9.59 Å². The van der Waals surface area contributed by atoms with E-state index < -0.39 is 10.8 Å². The van der Waals surface area contributed by atoms with Crippen molar-refractivity contribution in [1.29, 1.82) is 0 Å². The van der Waals surface area contributed by atoms with Gasteiger partial charge in [0.2, 0.25) is 11.8 Å². The third kappa shape index (κ3) is 4.10. The molecule has 5 nitrogen and oxygen atoms in total. The Morgan fingerprint density at radius 1 is 0.867 bits per heavy atom. The summed E-state index contributed by atoms with van der Waals surface area (Å²) in [5, 5.41) is 5.60. The summed E-state index contributed by atoms with van der Waals surface area (Å²) in [7, 11) is 0. The number of hydrogen-bond donors (Lipinski definition) is 0. The van der Waals surface area contributed by atoms with Gasteiger partial charge in [0.15, 0.2) is 0 Å². The van der Waals surface area contributed by atoms with Gasteiger partial charge in [0.05, 0.1) is 16.5 Å². The van der Waals surface area contributed by atoms with Crippen molar-refractivity contribution >= 4 is 78.6 Å². The van der Waals surface area contributed by atoms with E-state index in [0.29, 0.717) is 44.1 Å². The molecule has 2 amide bonds. The minimum atomic E-state index is -0.497. The van der Waals surface area contributed by atoms with Gasteiger partial charge in [-0.05, 0) is 93.0 Å². The van der Waals surface area contributed by atoms with E-state index in [1.165, 1.54) is 26.8 Å². The molecule has 9 rings (SSSR count). The van der Waals surface area contributed by atoms with Crippen LogP contribution in [0.25, 0.3) is 20.9 Å². The fourth-order valence-corrected chi connectivity index (χ4v) is 10.4. The summed E-state index contributed by atoms with van der Waals surface area (Å²) in [5.74, 6) is 2.11. The van der Waals surface area contributed by atoms with E-state index in [1.807, 2.05) is 48.8 Å². The van der Waals surface area contributed by atoms with E-state index >= 15 is 0 Å². The van der Waals surface area contributed by atoms with Crippen LogP contribution in [0.5, 0.6) is 5.75 Å². The molecule has 0 unspecified atom stereocenters. The summed E-state index contributed by atoms with van der Waals surface area (Å²) in [4.78, 5) is 32.7. The minimum absolute atomic E-state index is 0.0383. The number of fused-ring (bicyclic) bond motifs is 6. The Morgan fingerprint density at radius 2 is 1.42 bits per heavy atom. The second kappa shape index (κ2) is 9.85. The van der Waals surface area contributed by atoms with E-state index in [4.69, 9.17) is 27.9 Å². The van der Waals surface area contributed by atoms with E-state index in [9.17, 15) is 9.59 Å². The number of thiophene rings is 1. The highest BCUT2D eigenvalue weighted by Gasteiger charge is 2.76. The van der Waals surface area contributed by atoms with Gasteiger partial charge in [-0.25, -0.2) is 0 Å². The van der Waals surface area contributed by atoms with Crippen molar-refractivity contribution < 1.29 is 14.3 Å². The molecule has 4 aromatic rings. The summed E-state index contributed by atoms with van der Waals surface area (Å²) < 4.78 is 7.72. The quantitative estimate of drug-likeness (QED) is 0.201. The topological polar surface area (TPSA) is 49.9 Å². The van der Waals surface area contributed by atoms with Crippen LogP contribution < -0.4 is 14.5 Å². The molecule has 234 valence electrons. The molecule has 3 heterocycles. The summed E-state index contributed by atoms with van der Waals surface area (Å²) in [6.45, 7) is 11.6. The lowest BCUT2D eigenvalue weighted by molar-refractivity contribution is -0.204. The normalized spacial score (nSPS) is 26.6. The number of rotatable bonds is 5. The molecule has 3 aliphatic carbocycles. The molecule has 0 saturated heterocycles. The Balaban J connectivity index is 1.09. The maximum Gasteiger partial charge on any atom is 0.233 e. The Morgan fingerprint density at radius 3 is 2.00 bits per heavy atom. The first-order valence-corrected chi connectivity index (χ1v) is 17.9. The lowest BCUT2D eigenvalue weighted by Crippen LogP contribution is -2.73. The smallest absolute Gasteiger partial charge is 0.233 e. The standard InChI is InChI=1S/C37H38Cl2N2O3S/c1-20-10-26-31(29-21(2)16-45-32(20)29)23(13-39)15-40(26)33(42)36-17-37(18-36,19-36)34(43)41-14-22(12-38)30-25-9-7-6-8-24(25)28(11-27(30)41)44-35(3,4)5/h6-11,16,22-23H,12-15,17-19H2,1-5H3/t22-,23-,36?,37?/m1/s1. The molecule has 0 spiro atoms. The Kier molecular flexibility index (Phi) is 6.48. The Bertz CT molecular complexity index is 1920. The molecule has 1 aromatic heterocycles. The first-order chi connectivity index (χ1) is 21.4. The fourth-order valence-electron chi connectivity index (χ4n) is 8.87. The number of amides is 2. The zero-order valence-electron chi connectivity index (χ0n) is 26.4. The molecule has 3 saturated carbocycles. The minimum Gasteiger partial charge on any atom is -0.487 e. The summed E-state index contributed by atoms with van der Waals surface area (Å²) in [5.41, 5.74) is 5.34. The summed E-state index contributed by atoms with van der Waals surface area (Å²) in [6, 6.07) is 12.5. The van der Waals surface area contributed by atoms with E-state index in [-0.39, 0.29) is 29.3 Å². The largest absolute Gasteiger partial charge is 0.487 e. The van der Waals surface area contributed by atoms with Crippen LogP contribution in [0.15, 0.2) is 41.8 Å². The third-order valence-electron chi connectivity index (χ3n) is 10.7. The van der Waals surface area contributed by atoms with E-state index in [1.54, 1.807) is 11.3 Å². The Hall–Kier alpha value is -2.80. The highest BCUT2D eigenvalue weighted by molar-refractivity contribution is 7.17. The summed E-state index contributed by atoms with van der Waals surface area (Å²) >= 11 is 14.8. The maximum atomic E-state index is 14.4. The lowest BCUT2D eigenvalue weighted by atomic mass is 9.34.